The van der Waals surface area contributed by atoms with E-state index in [4.69, 9.17) is 11.6 Å². The first-order chi connectivity index (χ1) is 9.25. The van der Waals surface area contributed by atoms with Gasteiger partial charge in [-0.15, -0.1) is 11.3 Å². The molecule has 0 spiro atoms. The van der Waals surface area contributed by atoms with Crippen LogP contribution in [-0.4, -0.2) is 12.0 Å². The minimum Gasteiger partial charge on any atom is -0.355 e. The Hall–Kier alpha value is -0.790. The van der Waals surface area contributed by atoms with Crippen molar-refractivity contribution in [3.63, 3.8) is 0 Å². The van der Waals surface area contributed by atoms with Gasteiger partial charge >= 0.3 is 6.18 Å². The minimum absolute atomic E-state index is 0.173. The number of pyridine rings is 1. The molecule has 2 heterocycles. The highest BCUT2D eigenvalue weighted by atomic mass is 79.9. The normalized spacial score (nSPS) is 11.7. The van der Waals surface area contributed by atoms with Gasteiger partial charge in [0.25, 0.3) is 0 Å². The molecule has 2 nitrogen and oxygen atoms in total. The summed E-state index contributed by atoms with van der Waals surface area (Å²) in [4.78, 5) is 5.55. The molecule has 0 bridgehead atoms. The van der Waals surface area contributed by atoms with Crippen molar-refractivity contribution in [2.45, 2.75) is 12.7 Å². The lowest BCUT2D eigenvalue weighted by Crippen LogP contribution is -2.18. The smallest absolute Gasteiger partial charge is 0.355 e. The van der Waals surface area contributed by atoms with Gasteiger partial charge in [-0.3, -0.25) is 0 Å². The van der Waals surface area contributed by atoms with Gasteiger partial charge in [-0.05, 0) is 45.1 Å². The summed E-state index contributed by atoms with van der Waals surface area (Å²) in [5.41, 5.74) is 0.186. The Morgan fingerprint density at radius 2 is 2.05 bits per heavy atom. The van der Waals surface area contributed by atoms with Crippen molar-refractivity contribution < 1.29 is 13.2 Å². The Bertz CT molecular complexity index is 615. The van der Waals surface area contributed by atoms with Crippen LogP contribution in [0.1, 0.15) is 11.1 Å². The average molecular weight is 386 g/mol. The maximum atomic E-state index is 12.7. The van der Waals surface area contributed by atoms with E-state index in [0.717, 1.165) is 21.5 Å². The summed E-state index contributed by atoms with van der Waals surface area (Å²) in [5.74, 6) is 0.187. The predicted molar refractivity (Wildman–Crippen MR) is 78.4 cm³/mol. The zero-order valence-electron chi connectivity index (χ0n) is 10.2. The van der Waals surface area contributed by atoms with Crippen molar-refractivity contribution in [1.29, 1.82) is 0 Å². The number of aromatic nitrogens is 1. The van der Waals surface area contributed by atoms with E-state index in [0.29, 0.717) is 6.54 Å². The van der Waals surface area contributed by atoms with Gasteiger partial charge in [-0.1, -0.05) is 11.6 Å². The van der Waals surface area contributed by atoms with E-state index in [1.54, 1.807) is 11.9 Å². The zero-order valence-corrected chi connectivity index (χ0v) is 13.4. The van der Waals surface area contributed by atoms with E-state index < -0.39 is 11.7 Å². The van der Waals surface area contributed by atoms with Gasteiger partial charge in [0.2, 0.25) is 0 Å². The van der Waals surface area contributed by atoms with Crippen molar-refractivity contribution in [2.24, 2.45) is 0 Å². The molecule has 0 unspecified atom stereocenters. The first kappa shape index (κ1) is 15.6. The number of halogens is 5. The molecule has 0 aromatic carbocycles. The molecule has 2 aromatic rings. The Morgan fingerprint density at radius 3 is 2.60 bits per heavy atom. The molecule has 8 heteroatoms. The lowest BCUT2D eigenvalue weighted by molar-refractivity contribution is -0.137. The fraction of sp³-hybridized carbons (Fsp3) is 0.250. The summed E-state index contributed by atoms with van der Waals surface area (Å²) < 4.78 is 39.2. The Labute approximate surface area is 131 Å². The van der Waals surface area contributed by atoms with Gasteiger partial charge in [-0.2, -0.15) is 13.2 Å². The number of alkyl halides is 3. The van der Waals surface area contributed by atoms with Crippen LogP contribution < -0.4 is 4.90 Å². The Balaban J connectivity index is 2.25. The molecule has 108 valence electrons. The molecule has 0 radical (unpaired) electrons. The van der Waals surface area contributed by atoms with Crippen LogP contribution in [0.2, 0.25) is 5.15 Å². The minimum atomic E-state index is -4.44. The van der Waals surface area contributed by atoms with Crippen LogP contribution in [-0.2, 0) is 12.7 Å². The maximum absolute atomic E-state index is 12.7. The Morgan fingerprint density at radius 1 is 1.35 bits per heavy atom. The molecule has 2 aromatic heterocycles. The summed E-state index contributed by atoms with van der Waals surface area (Å²) >= 11 is 10.5. The molecule has 0 fully saturated rings. The molecule has 0 amide bonds. The number of anilines is 1. The van der Waals surface area contributed by atoms with Crippen LogP contribution in [0.25, 0.3) is 0 Å². The van der Waals surface area contributed by atoms with Crippen molar-refractivity contribution in [2.75, 3.05) is 11.9 Å². The second kappa shape index (κ2) is 5.91. The molecule has 2 rings (SSSR count). The third kappa shape index (κ3) is 3.86. The topological polar surface area (TPSA) is 16.1 Å². The SMILES string of the molecule is CN(Cc1csc(Br)c1)c1cc(C(F)(F)F)cc(Cl)n1. The van der Waals surface area contributed by atoms with E-state index in [1.165, 1.54) is 11.3 Å². The van der Waals surface area contributed by atoms with Crippen LogP contribution >= 0.6 is 38.9 Å². The van der Waals surface area contributed by atoms with E-state index in [2.05, 4.69) is 20.9 Å². The van der Waals surface area contributed by atoms with Crippen molar-refractivity contribution >= 4 is 44.7 Å². The van der Waals surface area contributed by atoms with Crippen molar-refractivity contribution in [3.05, 3.63) is 43.6 Å². The molecule has 0 N–H and O–H groups in total. The van der Waals surface area contributed by atoms with Crippen LogP contribution in [0.3, 0.4) is 0 Å². The number of rotatable bonds is 3. The first-order valence-corrected chi connectivity index (χ1v) is 7.49. The second-order valence-electron chi connectivity index (χ2n) is 4.15. The van der Waals surface area contributed by atoms with Gasteiger partial charge < -0.3 is 4.90 Å². The average Bonchev–Trinajstić information content (AvgIpc) is 2.72. The number of hydrogen-bond donors (Lipinski definition) is 0. The van der Waals surface area contributed by atoms with Gasteiger partial charge in [0.05, 0.1) is 9.35 Å². The highest BCUT2D eigenvalue weighted by Gasteiger charge is 2.31. The fourth-order valence-corrected chi connectivity index (χ4v) is 3.03. The monoisotopic (exact) mass is 384 g/mol. The van der Waals surface area contributed by atoms with Gasteiger partial charge in [-0.25, -0.2) is 4.98 Å². The molecule has 20 heavy (non-hydrogen) atoms. The second-order valence-corrected chi connectivity index (χ2v) is 6.83. The third-order valence-electron chi connectivity index (χ3n) is 2.54. The van der Waals surface area contributed by atoms with Gasteiger partial charge in [0.15, 0.2) is 0 Å². The highest BCUT2D eigenvalue weighted by molar-refractivity contribution is 9.11. The third-order valence-corrected chi connectivity index (χ3v) is 4.29. The fourth-order valence-electron chi connectivity index (χ4n) is 1.63. The summed E-state index contributed by atoms with van der Waals surface area (Å²) in [6.07, 6.45) is -4.44. The number of thiophene rings is 1. The van der Waals surface area contributed by atoms with E-state index in [9.17, 15) is 13.2 Å². The predicted octanol–water partition coefficient (Wildman–Crippen LogP) is 5.21. The van der Waals surface area contributed by atoms with E-state index in [1.807, 2.05) is 11.4 Å². The summed E-state index contributed by atoms with van der Waals surface area (Å²) in [6.45, 7) is 0.451. The molecule has 0 saturated carbocycles. The van der Waals surface area contributed by atoms with Crippen LogP contribution in [0.15, 0.2) is 27.4 Å². The van der Waals surface area contributed by atoms with Crippen LogP contribution in [0, 0.1) is 0 Å². The molecule has 0 aliphatic carbocycles. The molecular formula is C12H9BrClF3N2S. The lowest BCUT2D eigenvalue weighted by Gasteiger charge is -2.19. The van der Waals surface area contributed by atoms with E-state index >= 15 is 0 Å². The molecular weight excluding hydrogens is 377 g/mol. The quantitative estimate of drug-likeness (QED) is 0.674. The summed E-state index contributed by atoms with van der Waals surface area (Å²) in [5, 5.41) is 1.75. The zero-order chi connectivity index (χ0) is 14.9. The maximum Gasteiger partial charge on any atom is 0.416 e. The molecule has 0 saturated heterocycles. The summed E-state index contributed by atoms with van der Waals surface area (Å²) in [7, 11) is 1.67. The Kier molecular flexibility index (Phi) is 4.61. The highest BCUT2D eigenvalue weighted by Crippen LogP contribution is 2.33. The molecule has 0 atom stereocenters. The van der Waals surface area contributed by atoms with Crippen LogP contribution in [0.4, 0.5) is 19.0 Å². The lowest BCUT2D eigenvalue weighted by atomic mass is 10.2. The van der Waals surface area contributed by atoms with Gasteiger partial charge in [0, 0.05) is 13.6 Å². The summed E-state index contributed by atoms with van der Waals surface area (Å²) in [6, 6.07) is 3.73. The van der Waals surface area contributed by atoms with Crippen LogP contribution in [0.5, 0.6) is 0 Å². The van der Waals surface area contributed by atoms with Gasteiger partial charge in [0.1, 0.15) is 11.0 Å². The van der Waals surface area contributed by atoms with Crippen molar-refractivity contribution in [1.82, 2.24) is 4.98 Å². The van der Waals surface area contributed by atoms with Crippen molar-refractivity contribution in [3.8, 4) is 0 Å². The number of hydrogen-bond acceptors (Lipinski definition) is 3. The van der Waals surface area contributed by atoms with E-state index in [-0.39, 0.29) is 11.0 Å². The first-order valence-electron chi connectivity index (χ1n) is 5.44. The molecule has 0 aliphatic rings. The largest absolute Gasteiger partial charge is 0.416 e. The molecule has 0 aliphatic heterocycles. The number of nitrogens with zero attached hydrogens (tertiary/aromatic N) is 2. The standard InChI is InChI=1S/C12H9BrClF3N2S/c1-19(5-7-2-9(13)20-6-7)11-4-8(12(15,16)17)3-10(14)18-11/h2-4,6H,5H2,1H3.